The molecule has 0 aliphatic heterocycles. The Balaban J connectivity index is 1.71. The maximum absolute atomic E-state index is 10.7. The molecule has 0 heterocycles. The minimum atomic E-state index is 0.486. The number of benzene rings is 3. The summed E-state index contributed by atoms with van der Waals surface area (Å²) in [6.45, 7) is 0.992. The fourth-order valence-corrected chi connectivity index (χ4v) is 2.65. The van der Waals surface area contributed by atoms with Gasteiger partial charge in [-0.15, -0.1) is 0 Å². The Bertz CT molecular complexity index is 752. The lowest BCUT2D eigenvalue weighted by Crippen LogP contribution is -1.99. The van der Waals surface area contributed by atoms with Gasteiger partial charge >= 0.3 is 0 Å². The predicted octanol–water partition coefficient (Wildman–Crippen LogP) is 4.98. The van der Waals surface area contributed by atoms with Crippen molar-refractivity contribution in [1.29, 1.82) is 0 Å². The van der Waals surface area contributed by atoms with Gasteiger partial charge in [-0.3, -0.25) is 0 Å². The molecule has 0 unspecified atom stereocenters. The van der Waals surface area contributed by atoms with Gasteiger partial charge in [-0.25, -0.2) is 0 Å². The lowest BCUT2D eigenvalue weighted by atomic mass is 10.1. The molecule has 3 aromatic carbocycles. The second-order valence-electron chi connectivity index (χ2n) is 6.07. The zero-order valence-corrected chi connectivity index (χ0v) is 14.6. The molecule has 0 radical (unpaired) electrons. The maximum atomic E-state index is 10.7. The Morgan fingerprint density at radius 1 is 0.654 bits per heavy atom. The van der Waals surface area contributed by atoms with Crippen molar-refractivity contribution in [2.24, 2.45) is 0 Å². The van der Waals surface area contributed by atoms with E-state index in [2.05, 4.69) is 0 Å². The van der Waals surface area contributed by atoms with Gasteiger partial charge in [0, 0.05) is 12.5 Å². The number of aryl methyl sites for hydroxylation is 1. The number of hydrogen-bond acceptors (Lipinski definition) is 3. The van der Waals surface area contributed by atoms with E-state index in [4.69, 9.17) is 9.47 Å². The Morgan fingerprint density at radius 2 is 1.15 bits per heavy atom. The molecule has 0 atom stereocenters. The van der Waals surface area contributed by atoms with Crippen LogP contribution in [0, 0.1) is 0 Å². The molecule has 132 valence electrons. The molecular formula is C23H22O3. The topological polar surface area (TPSA) is 35.5 Å². The van der Waals surface area contributed by atoms with Gasteiger partial charge in [-0.1, -0.05) is 60.7 Å². The van der Waals surface area contributed by atoms with Crippen LogP contribution in [-0.2, 0) is 24.4 Å². The lowest BCUT2D eigenvalue weighted by molar-refractivity contribution is -0.107. The highest BCUT2D eigenvalue weighted by atomic mass is 16.5. The Morgan fingerprint density at radius 3 is 1.62 bits per heavy atom. The molecule has 0 saturated heterocycles. The van der Waals surface area contributed by atoms with Crippen molar-refractivity contribution in [2.45, 2.75) is 26.1 Å². The van der Waals surface area contributed by atoms with Crippen molar-refractivity contribution >= 4 is 6.29 Å². The number of hydrogen-bond donors (Lipinski definition) is 0. The van der Waals surface area contributed by atoms with Crippen LogP contribution in [0.1, 0.15) is 23.1 Å². The van der Waals surface area contributed by atoms with Crippen LogP contribution in [0.2, 0.25) is 0 Å². The maximum Gasteiger partial charge on any atom is 0.123 e. The molecule has 0 bridgehead atoms. The van der Waals surface area contributed by atoms with E-state index in [1.54, 1.807) is 0 Å². The third-order valence-electron chi connectivity index (χ3n) is 3.99. The Labute approximate surface area is 154 Å². The molecule has 3 nitrogen and oxygen atoms in total. The first-order chi connectivity index (χ1) is 12.8. The van der Waals surface area contributed by atoms with Crippen molar-refractivity contribution in [3.63, 3.8) is 0 Å². The zero-order chi connectivity index (χ0) is 18.0. The van der Waals surface area contributed by atoms with E-state index in [-0.39, 0.29) is 0 Å². The molecule has 0 aliphatic rings. The second-order valence-corrected chi connectivity index (χ2v) is 6.07. The van der Waals surface area contributed by atoms with Crippen LogP contribution in [0.25, 0.3) is 0 Å². The average molecular weight is 346 g/mol. The first-order valence-electron chi connectivity index (χ1n) is 8.74. The van der Waals surface area contributed by atoms with Crippen molar-refractivity contribution in [2.75, 3.05) is 0 Å². The number of rotatable bonds is 9. The third-order valence-corrected chi connectivity index (χ3v) is 3.99. The highest BCUT2D eigenvalue weighted by Gasteiger charge is 2.05. The number of ether oxygens (including phenoxy) is 2. The normalized spacial score (nSPS) is 10.3. The van der Waals surface area contributed by atoms with Gasteiger partial charge in [0.25, 0.3) is 0 Å². The van der Waals surface area contributed by atoms with Gasteiger partial charge in [-0.2, -0.15) is 0 Å². The third kappa shape index (κ3) is 5.49. The monoisotopic (exact) mass is 346 g/mol. The fourth-order valence-electron chi connectivity index (χ4n) is 2.65. The zero-order valence-electron chi connectivity index (χ0n) is 14.6. The largest absolute Gasteiger partial charge is 0.489 e. The molecule has 0 saturated carbocycles. The van der Waals surface area contributed by atoms with Crippen LogP contribution in [0.15, 0.2) is 78.9 Å². The molecule has 0 spiro atoms. The SMILES string of the molecule is O=CCCc1cc(OCc2ccccc2)cc(OCc2ccccc2)c1. The molecule has 0 fully saturated rings. The van der Waals surface area contributed by atoms with Crippen LogP contribution in [-0.4, -0.2) is 6.29 Å². The lowest BCUT2D eigenvalue weighted by Gasteiger charge is -2.12. The van der Waals surface area contributed by atoms with E-state index in [0.717, 1.165) is 34.5 Å². The summed E-state index contributed by atoms with van der Waals surface area (Å²) in [5.74, 6) is 1.50. The summed E-state index contributed by atoms with van der Waals surface area (Å²) < 4.78 is 11.9. The quantitative estimate of drug-likeness (QED) is 0.513. The van der Waals surface area contributed by atoms with E-state index in [1.165, 1.54) is 0 Å². The van der Waals surface area contributed by atoms with E-state index < -0.39 is 0 Å². The second kappa shape index (κ2) is 9.42. The highest BCUT2D eigenvalue weighted by Crippen LogP contribution is 2.25. The molecule has 3 aromatic rings. The molecule has 3 rings (SSSR count). The van der Waals surface area contributed by atoms with Crippen molar-refractivity contribution < 1.29 is 14.3 Å². The molecule has 0 aliphatic carbocycles. The summed E-state index contributed by atoms with van der Waals surface area (Å²) in [7, 11) is 0. The van der Waals surface area contributed by atoms with E-state index in [1.807, 2.05) is 78.9 Å². The molecular weight excluding hydrogens is 324 g/mol. The summed E-state index contributed by atoms with van der Waals surface area (Å²) in [6.07, 6.45) is 2.09. The summed E-state index contributed by atoms with van der Waals surface area (Å²) in [6, 6.07) is 25.9. The van der Waals surface area contributed by atoms with Gasteiger partial charge in [-0.05, 0) is 35.2 Å². The van der Waals surface area contributed by atoms with Gasteiger partial charge in [0.1, 0.15) is 31.0 Å². The average Bonchev–Trinajstić information content (AvgIpc) is 2.71. The van der Waals surface area contributed by atoms with Crippen LogP contribution in [0.5, 0.6) is 11.5 Å². The van der Waals surface area contributed by atoms with Gasteiger partial charge < -0.3 is 14.3 Å². The molecule has 0 aromatic heterocycles. The summed E-state index contributed by atoms with van der Waals surface area (Å²) in [5.41, 5.74) is 3.25. The molecule has 0 amide bonds. The number of carbonyl (C=O) groups is 1. The first kappa shape index (κ1) is 17.7. The minimum absolute atomic E-state index is 0.486. The van der Waals surface area contributed by atoms with Crippen LogP contribution >= 0.6 is 0 Å². The van der Waals surface area contributed by atoms with Crippen LogP contribution in [0.3, 0.4) is 0 Å². The smallest absolute Gasteiger partial charge is 0.123 e. The van der Waals surface area contributed by atoms with Gasteiger partial charge in [0.2, 0.25) is 0 Å². The minimum Gasteiger partial charge on any atom is -0.489 e. The van der Waals surface area contributed by atoms with Gasteiger partial charge in [0.05, 0.1) is 0 Å². The van der Waals surface area contributed by atoms with Crippen molar-refractivity contribution in [1.82, 2.24) is 0 Å². The fraction of sp³-hybridized carbons (Fsp3) is 0.174. The standard InChI is InChI=1S/C23H22O3/c24-13-7-12-21-14-22(25-17-19-8-3-1-4-9-19)16-23(15-21)26-18-20-10-5-2-6-11-20/h1-6,8-11,13-16H,7,12,17-18H2. The van der Waals surface area contributed by atoms with Crippen LogP contribution in [0.4, 0.5) is 0 Å². The van der Waals surface area contributed by atoms with Crippen molar-refractivity contribution in [3.05, 3.63) is 95.6 Å². The summed E-state index contributed by atoms with van der Waals surface area (Å²) in [5, 5.41) is 0. The van der Waals surface area contributed by atoms with E-state index in [0.29, 0.717) is 26.1 Å². The number of aldehydes is 1. The van der Waals surface area contributed by atoms with E-state index in [9.17, 15) is 4.79 Å². The summed E-state index contributed by atoms with van der Waals surface area (Å²) in [4.78, 5) is 10.7. The Kier molecular flexibility index (Phi) is 6.43. The van der Waals surface area contributed by atoms with E-state index >= 15 is 0 Å². The predicted molar refractivity (Wildman–Crippen MR) is 102 cm³/mol. The molecule has 3 heteroatoms. The summed E-state index contributed by atoms with van der Waals surface area (Å²) >= 11 is 0. The first-order valence-corrected chi connectivity index (χ1v) is 8.74. The number of carbonyl (C=O) groups excluding carboxylic acids is 1. The highest BCUT2D eigenvalue weighted by molar-refractivity contribution is 5.50. The molecule has 0 N–H and O–H groups in total. The van der Waals surface area contributed by atoms with Crippen molar-refractivity contribution in [3.8, 4) is 11.5 Å². The van der Waals surface area contributed by atoms with Crippen LogP contribution < -0.4 is 9.47 Å². The molecule has 26 heavy (non-hydrogen) atoms. The van der Waals surface area contributed by atoms with Gasteiger partial charge in [0.15, 0.2) is 0 Å². The Hall–Kier alpha value is -3.07.